The second-order valence-electron chi connectivity index (χ2n) is 14.3. The molecule has 0 spiro atoms. The average molecular weight is 725 g/mol. The summed E-state index contributed by atoms with van der Waals surface area (Å²) in [6.45, 7) is 0. The van der Waals surface area contributed by atoms with Gasteiger partial charge in [-0.3, -0.25) is 0 Å². The Balaban J connectivity index is 1.20. The van der Waals surface area contributed by atoms with E-state index >= 15 is 0 Å². The Morgan fingerprint density at radius 2 is 0.807 bits per heavy atom. The predicted octanol–water partition coefficient (Wildman–Crippen LogP) is 12.3. The van der Waals surface area contributed by atoms with Crippen molar-refractivity contribution in [3.05, 3.63) is 187 Å². The molecule has 6 heteroatoms. The third kappa shape index (κ3) is 4.61. The number of rotatable bonds is 4. The summed E-state index contributed by atoms with van der Waals surface area (Å²) in [5.74, 6) is 0. The molecule has 0 saturated heterocycles. The summed E-state index contributed by atoms with van der Waals surface area (Å²) >= 11 is 0. The minimum absolute atomic E-state index is 0.576. The largest absolute Gasteiger partial charge is 0.309 e. The summed E-state index contributed by atoms with van der Waals surface area (Å²) < 4.78 is 6.77. The van der Waals surface area contributed by atoms with Gasteiger partial charge in [0, 0.05) is 49.1 Å². The van der Waals surface area contributed by atoms with Crippen molar-refractivity contribution in [3.8, 4) is 46.4 Å². The van der Waals surface area contributed by atoms with Gasteiger partial charge in [0.2, 0.25) is 0 Å². The number of nitrogens with zero attached hydrogens (tertiary/aromatic N) is 6. The molecule has 11 rings (SSSR count). The van der Waals surface area contributed by atoms with E-state index in [1.54, 1.807) is 0 Å². The number of aromatic nitrogens is 3. The fourth-order valence-corrected chi connectivity index (χ4v) is 8.95. The van der Waals surface area contributed by atoms with Crippen LogP contribution in [0.5, 0.6) is 0 Å². The molecule has 262 valence electrons. The maximum atomic E-state index is 10.7. The highest BCUT2D eigenvalue weighted by molar-refractivity contribution is 6.14. The molecule has 3 aromatic heterocycles. The summed E-state index contributed by atoms with van der Waals surface area (Å²) in [4.78, 5) is 0. The molecule has 0 N–H and O–H groups in total. The molecule has 0 aliphatic rings. The monoisotopic (exact) mass is 724 g/mol. The molecule has 0 aliphatic carbocycles. The standard InChI is InChI=1S/C51H28N6/c52-29-32-20-23-48-41(26-32)39-14-4-5-16-44(39)55(48)35-22-25-50-43(28-35)42-27-33(30-53)21-24-49(42)56(50)45-17-6-3-13-38(45)40-15-9-10-34(31-54)51(40)57-46-18-7-1-11-36(46)37-12-2-8-19-47(37)57/h1-28H. The molecule has 0 radical (unpaired) electrons. The Labute approximate surface area is 326 Å². The topological polar surface area (TPSA) is 86.2 Å². The Kier molecular flexibility index (Phi) is 6.95. The van der Waals surface area contributed by atoms with Gasteiger partial charge < -0.3 is 13.7 Å². The molecular weight excluding hydrogens is 697 g/mol. The van der Waals surface area contributed by atoms with Gasteiger partial charge in [-0.25, -0.2) is 0 Å². The maximum Gasteiger partial charge on any atom is 0.101 e. The second kappa shape index (κ2) is 12.3. The fraction of sp³-hybridized carbons (Fsp3) is 0. The quantitative estimate of drug-likeness (QED) is 0.181. The van der Waals surface area contributed by atoms with E-state index in [9.17, 15) is 15.8 Å². The average Bonchev–Trinajstić information content (AvgIpc) is 3.90. The first-order chi connectivity index (χ1) is 28.2. The van der Waals surface area contributed by atoms with Crippen molar-refractivity contribution < 1.29 is 0 Å². The molecule has 0 atom stereocenters. The Morgan fingerprint density at radius 1 is 0.333 bits per heavy atom. The zero-order chi connectivity index (χ0) is 38.2. The van der Waals surface area contributed by atoms with Crippen LogP contribution in [0.1, 0.15) is 16.7 Å². The molecule has 0 bridgehead atoms. The molecule has 0 saturated carbocycles. The van der Waals surface area contributed by atoms with Crippen molar-refractivity contribution in [2.45, 2.75) is 0 Å². The number of benzene rings is 8. The molecule has 0 amide bonds. The Hall–Kier alpha value is -8.37. The van der Waals surface area contributed by atoms with Crippen LogP contribution in [-0.2, 0) is 0 Å². The highest BCUT2D eigenvalue weighted by Crippen LogP contribution is 2.43. The second-order valence-corrected chi connectivity index (χ2v) is 14.3. The first kappa shape index (κ1) is 32.1. The summed E-state index contributed by atoms with van der Waals surface area (Å²) in [6, 6.07) is 64.8. The number of hydrogen-bond acceptors (Lipinski definition) is 3. The van der Waals surface area contributed by atoms with Gasteiger partial charge in [0.25, 0.3) is 0 Å². The van der Waals surface area contributed by atoms with Crippen molar-refractivity contribution in [3.63, 3.8) is 0 Å². The van der Waals surface area contributed by atoms with E-state index in [0.29, 0.717) is 16.7 Å². The molecule has 0 fully saturated rings. The molecule has 8 aromatic carbocycles. The van der Waals surface area contributed by atoms with E-state index in [1.165, 1.54) is 0 Å². The van der Waals surface area contributed by atoms with Crippen LogP contribution >= 0.6 is 0 Å². The van der Waals surface area contributed by atoms with Gasteiger partial charge >= 0.3 is 0 Å². The minimum atomic E-state index is 0.576. The summed E-state index contributed by atoms with van der Waals surface area (Å²) in [5, 5.41) is 36.8. The van der Waals surface area contributed by atoms with Gasteiger partial charge in [-0.15, -0.1) is 0 Å². The summed E-state index contributed by atoms with van der Waals surface area (Å²) in [6.07, 6.45) is 0. The highest BCUT2D eigenvalue weighted by Gasteiger charge is 2.23. The lowest BCUT2D eigenvalue weighted by Gasteiger charge is -2.19. The third-order valence-corrected chi connectivity index (χ3v) is 11.3. The molecule has 0 unspecified atom stereocenters. The molecule has 57 heavy (non-hydrogen) atoms. The summed E-state index contributed by atoms with van der Waals surface area (Å²) in [7, 11) is 0. The van der Waals surface area contributed by atoms with Crippen LogP contribution < -0.4 is 0 Å². The van der Waals surface area contributed by atoms with Crippen molar-refractivity contribution >= 4 is 65.4 Å². The smallest absolute Gasteiger partial charge is 0.101 e. The zero-order valence-corrected chi connectivity index (χ0v) is 30.3. The Morgan fingerprint density at radius 3 is 1.44 bits per heavy atom. The zero-order valence-electron chi connectivity index (χ0n) is 30.3. The lowest BCUT2D eigenvalue weighted by Crippen LogP contribution is -2.03. The van der Waals surface area contributed by atoms with Crippen LogP contribution in [0, 0.1) is 34.0 Å². The van der Waals surface area contributed by atoms with Crippen molar-refractivity contribution in [1.82, 2.24) is 13.7 Å². The van der Waals surface area contributed by atoms with E-state index in [0.717, 1.165) is 93.6 Å². The summed E-state index contributed by atoms with van der Waals surface area (Å²) in [5.41, 5.74) is 12.5. The van der Waals surface area contributed by atoms with Gasteiger partial charge in [-0.05, 0) is 84.9 Å². The lowest BCUT2D eigenvalue weighted by atomic mass is 9.98. The number of fused-ring (bicyclic) bond motifs is 9. The van der Waals surface area contributed by atoms with Crippen LogP contribution in [0.3, 0.4) is 0 Å². The first-order valence-corrected chi connectivity index (χ1v) is 18.7. The Bertz CT molecular complexity index is 3580. The normalized spacial score (nSPS) is 11.5. The van der Waals surface area contributed by atoms with E-state index < -0.39 is 0 Å². The van der Waals surface area contributed by atoms with Crippen molar-refractivity contribution in [1.29, 1.82) is 15.8 Å². The van der Waals surface area contributed by atoms with Crippen LogP contribution in [0.2, 0.25) is 0 Å². The highest BCUT2D eigenvalue weighted by atomic mass is 15.0. The molecule has 3 heterocycles. The number of para-hydroxylation sites is 5. The number of nitriles is 3. The predicted molar refractivity (Wildman–Crippen MR) is 229 cm³/mol. The van der Waals surface area contributed by atoms with Crippen molar-refractivity contribution in [2.24, 2.45) is 0 Å². The van der Waals surface area contributed by atoms with Crippen molar-refractivity contribution in [2.75, 3.05) is 0 Å². The van der Waals surface area contributed by atoms with Crippen LogP contribution in [0.15, 0.2) is 170 Å². The van der Waals surface area contributed by atoms with Crippen LogP contribution in [-0.4, -0.2) is 13.7 Å². The van der Waals surface area contributed by atoms with Crippen LogP contribution in [0.25, 0.3) is 93.6 Å². The molecule has 0 aliphatic heterocycles. The lowest BCUT2D eigenvalue weighted by molar-refractivity contribution is 1.15. The van der Waals surface area contributed by atoms with Gasteiger partial charge in [0.15, 0.2) is 0 Å². The van der Waals surface area contributed by atoms with E-state index in [2.05, 4.69) is 123 Å². The first-order valence-electron chi connectivity index (χ1n) is 18.7. The molecular formula is C51H28N6. The van der Waals surface area contributed by atoms with Gasteiger partial charge in [0.05, 0.1) is 73.3 Å². The van der Waals surface area contributed by atoms with E-state index in [1.807, 2.05) is 78.9 Å². The fourth-order valence-electron chi connectivity index (χ4n) is 8.95. The van der Waals surface area contributed by atoms with E-state index in [-0.39, 0.29) is 0 Å². The van der Waals surface area contributed by atoms with Crippen LogP contribution in [0.4, 0.5) is 0 Å². The number of hydrogen-bond donors (Lipinski definition) is 0. The third-order valence-electron chi connectivity index (χ3n) is 11.3. The SMILES string of the molecule is N#Cc1ccc2c(c1)c1ccccc1n2-c1ccc2c(c1)c1cc(C#N)ccc1n2-c1ccccc1-c1cccc(C#N)c1-n1c2ccccc2c2ccccc21. The van der Waals surface area contributed by atoms with Gasteiger partial charge in [0.1, 0.15) is 6.07 Å². The van der Waals surface area contributed by atoms with Gasteiger partial charge in [-0.2, -0.15) is 15.8 Å². The molecule has 6 nitrogen and oxygen atoms in total. The molecule has 11 aromatic rings. The maximum absolute atomic E-state index is 10.7. The van der Waals surface area contributed by atoms with E-state index in [4.69, 9.17) is 0 Å². The minimum Gasteiger partial charge on any atom is -0.309 e. The van der Waals surface area contributed by atoms with Gasteiger partial charge in [-0.1, -0.05) is 84.9 Å².